The third-order valence-electron chi connectivity index (χ3n) is 4.33. The van der Waals surface area contributed by atoms with E-state index in [2.05, 4.69) is 15.3 Å². The summed E-state index contributed by atoms with van der Waals surface area (Å²) in [5.41, 5.74) is 3.79. The number of aryl methyl sites for hydroxylation is 2. The Bertz CT molecular complexity index is 1080. The van der Waals surface area contributed by atoms with Crippen molar-refractivity contribution in [2.75, 3.05) is 5.32 Å². The van der Waals surface area contributed by atoms with Gasteiger partial charge in [0.05, 0.1) is 10.6 Å². The van der Waals surface area contributed by atoms with E-state index >= 15 is 0 Å². The summed E-state index contributed by atoms with van der Waals surface area (Å²) in [5, 5.41) is 3.72. The number of fused-ring (bicyclic) bond motifs is 1. The van der Waals surface area contributed by atoms with Gasteiger partial charge in [-0.3, -0.25) is 4.40 Å². The minimum absolute atomic E-state index is 0.258. The lowest BCUT2D eigenvalue weighted by Gasteiger charge is -2.14. The lowest BCUT2D eigenvalue weighted by Crippen LogP contribution is -2.01. The molecule has 0 radical (unpaired) electrons. The van der Waals surface area contributed by atoms with Crippen LogP contribution in [0.3, 0.4) is 0 Å². The van der Waals surface area contributed by atoms with Gasteiger partial charge < -0.3 is 5.32 Å². The van der Waals surface area contributed by atoms with Gasteiger partial charge in [0.15, 0.2) is 0 Å². The summed E-state index contributed by atoms with van der Waals surface area (Å²) >= 11 is 6.29. The van der Waals surface area contributed by atoms with Gasteiger partial charge >= 0.3 is 0 Å². The Balaban J connectivity index is 1.99. The van der Waals surface area contributed by atoms with E-state index in [1.807, 2.05) is 38.2 Å². The monoisotopic (exact) mass is 366 g/mol. The maximum Gasteiger partial charge on any atom is 0.235 e. The number of anilines is 2. The molecule has 2 aromatic heterocycles. The summed E-state index contributed by atoms with van der Waals surface area (Å²) in [5.74, 6) is 0.665. The molecule has 4 aromatic rings. The van der Waals surface area contributed by atoms with Gasteiger partial charge in [-0.05, 0) is 43.2 Å². The fourth-order valence-corrected chi connectivity index (χ4v) is 3.29. The van der Waals surface area contributed by atoms with E-state index in [1.54, 1.807) is 28.8 Å². The summed E-state index contributed by atoms with van der Waals surface area (Å²) in [6, 6.07) is 12.5. The van der Waals surface area contributed by atoms with Crippen LogP contribution in [0.15, 0.2) is 54.9 Å². The first-order valence-electron chi connectivity index (χ1n) is 8.17. The number of nitrogens with zero attached hydrogens (tertiary/aromatic N) is 3. The van der Waals surface area contributed by atoms with Crippen molar-refractivity contribution in [1.82, 2.24) is 14.4 Å². The lowest BCUT2D eigenvalue weighted by atomic mass is 10.1. The highest BCUT2D eigenvalue weighted by Gasteiger charge is 2.21. The molecule has 4 rings (SSSR count). The molecule has 26 heavy (non-hydrogen) atoms. The van der Waals surface area contributed by atoms with Crippen molar-refractivity contribution in [3.05, 3.63) is 76.8 Å². The van der Waals surface area contributed by atoms with Crippen LogP contribution in [0.5, 0.6) is 0 Å². The maximum absolute atomic E-state index is 14.6. The number of imidazole rings is 1. The Morgan fingerprint density at radius 3 is 2.50 bits per heavy atom. The van der Waals surface area contributed by atoms with Gasteiger partial charge in [0.25, 0.3) is 0 Å². The normalized spacial score (nSPS) is 11.1. The van der Waals surface area contributed by atoms with Crippen LogP contribution < -0.4 is 5.32 Å². The number of aromatic nitrogens is 3. The Morgan fingerprint density at radius 1 is 1.04 bits per heavy atom. The second-order valence-corrected chi connectivity index (χ2v) is 6.49. The zero-order valence-corrected chi connectivity index (χ0v) is 15.0. The van der Waals surface area contributed by atoms with Crippen molar-refractivity contribution in [3.8, 4) is 11.3 Å². The highest BCUT2D eigenvalue weighted by atomic mass is 35.5. The van der Waals surface area contributed by atoms with Gasteiger partial charge in [-0.15, -0.1) is 0 Å². The molecule has 0 aliphatic heterocycles. The summed E-state index contributed by atoms with van der Waals surface area (Å²) in [6.07, 6.45) is 3.49. The van der Waals surface area contributed by atoms with E-state index in [-0.39, 0.29) is 5.56 Å². The molecule has 0 atom stereocenters. The van der Waals surface area contributed by atoms with Crippen molar-refractivity contribution in [2.45, 2.75) is 13.8 Å². The Kier molecular flexibility index (Phi) is 4.09. The first-order chi connectivity index (χ1) is 12.6. The van der Waals surface area contributed by atoms with Crippen LogP contribution in [0, 0.1) is 19.7 Å². The molecule has 6 heteroatoms. The van der Waals surface area contributed by atoms with Crippen LogP contribution in [0.4, 0.5) is 15.9 Å². The Morgan fingerprint density at radius 2 is 1.77 bits per heavy atom. The molecule has 0 fully saturated rings. The van der Waals surface area contributed by atoms with Crippen LogP contribution in [0.1, 0.15) is 11.1 Å². The van der Waals surface area contributed by atoms with Crippen LogP contribution >= 0.6 is 11.6 Å². The van der Waals surface area contributed by atoms with Crippen molar-refractivity contribution >= 4 is 28.9 Å². The molecular formula is C20H16ClFN4. The molecule has 0 aliphatic rings. The number of halogens is 2. The number of hydrogen-bond donors (Lipinski definition) is 1. The van der Waals surface area contributed by atoms with E-state index in [1.165, 1.54) is 6.07 Å². The van der Waals surface area contributed by atoms with Gasteiger partial charge in [-0.25, -0.2) is 14.4 Å². The van der Waals surface area contributed by atoms with Crippen LogP contribution in [-0.4, -0.2) is 14.4 Å². The Hall–Kier alpha value is -2.92. The SMILES string of the molecule is Cc1cccc(C)c1Nc1c(-c2c(F)cccc2Cl)nc2ncccn12. The van der Waals surface area contributed by atoms with Crippen LogP contribution in [0.2, 0.25) is 5.02 Å². The summed E-state index contributed by atoms with van der Waals surface area (Å²) in [7, 11) is 0. The zero-order chi connectivity index (χ0) is 18.3. The van der Waals surface area contributed by atoms with E-state index in [0.717, 1.165) is 16.8 Å². The average Bonchev–Trinajstić information content (AvgIpc) is 2.96. The second-order valence-electron chi connectivity index (χ2n) is 6.09. The predicted octanol–water partition coefficient (Wildman–Crippen LogP) is 5.55. The molecule has 2 aromatic carbocycles. The van der Waals surface area contributed by atoms with E-state index in [0.29, 0.717) is 22.3 Å². The molecule has 0 unspecified atom stereocenters. The molecule has 0 spiro atoms. The molecule has 0 saturated carbocycles. The topological polar surface area (TPSA) is 42.2 Å². The van der Waals surface area contributed by atoms with Crippen molar-refractivity contribution in [2.24, 2.45) is 0 Å². The van der Waals surface area contributed by atoms with Crippen molar-refractivity contribution in [3.63, 3.8) is 0 Å². The second kappa shape index (κ2) is 6.42. The predicted molar refractivity (Wildman–Crippen MR) is 103 cm³/mol. The quantitative estimate of drug-likeness (QED) is 0.517. The summed E-state index contributed by atoms with van der Waals surface area (Å²) < 4.78 is 16.4. The molecule has 4 nitrogen and oxygen atoms in total. The number of benzene rings is 2. The fourth-order valence-electron chi connectivity index (χ4n) is 3.04. The van der Waals surface area contributed by atoms with Gasteiger partial charge in [0.1, 0.15) is 17.3 Å². The molecule has 0 amide bonds. The highest BCUT2D eigenvalue weighted by Crippen LogP contribution is 2.37. The van der Waals surface area contributed by atoms with Gasteiger partial charge in [-0.2, -0.15) is 0 Å². The van der Waals surface area contributed by atoms with Crippen molar-refractivity contribution in [1.29, 1.82) is 0 Å². The first-order valence-corrected chi connectivity index (χ1v) is 8.55. The standard InChI is InChI=1S/C20H16ClFN4/c1-12-6-3-7-13(2)17(12)24-19-18(16-14(21)8-4-9-15(16)22)25-20-23-10-5-11-26(19)20/h3-11,24H,1-2H3. The average molecular weight is 367 g/mol. The van der Waals surface area contributed by atoms with E-state index < -0.39 is 5.82 Å². The zero-order valence-electron chi connectivity index (χ0n) is 14.3. The first kappa shape index (κ1) is 16.5. The molecule has 130 valence electrons. The number of para-hydroxylation sites is 1. The molecule has 0 bridgehead atoms. The smallest absolute Gasteiger partial charge is 0.235 e. The van der Waals surface area contributed by atoms with E-state index in [4.69, 9.17) is 11.6 Å². The summed E-state index contributed by atoms with van der Waals surface area (Å²) in [4.78, 5) is 8.81. The van der Waals surface area contributed by atoms with Gasteiger partial charge in [-0.1, -0.05) is 35.9 Å². The largest absolute Gasteiger partial charge is 0.339 e. The van der Waals surface area contributed by atoms with E-state index in [9.17, 15) is 4.39 Å². The third-order valence-corrected chi connectivity index (χ3v) is 4.64. The summed E-state index contributed by atoms with van der Waals surface area (Å²) in [6.45, 7) is 4.04. The molecule has 1 N–H and O–H groups in total. The minimum atomic E-state index is -0.425. The van der Waals surface area contributed by atoms with Crippen LogP contribution in [0.25, 0.3) is 17.0 Å². The fraction of sp³-hybridized carbons (Fsp3) is 0.100. The maximum atomic E-state index is 14.6. The molecule has 0 aliphatic carbocycles. The minimum Gasteiger partial charge on any atom is -0.339 e. The van der Waals surface area contributed by atoms with Crippen molar-refractivity contribution < 1.29 is 4.39 Å². The number of rotatable bonds is 3. The van der Waals surface area contributed by atoms with Gasteiger partial charge in [0, 0.05) is 18.1 Å². The lowest BCUT2D eigenvalue weighted by molar-refractivity contribution is 0.631. The molecule has 0 saturated heterocycles. The van der Waals surface area contributed by atoms with Gasteiger partial charge in [0.2, 0.25) is 5.78 Å². The molecular weight excluding hydrogens is 351 g/mol. The number of nitrogens with one attached hydrogen (secondary N) is 1. The third kappa shape index (κ3) is 2.70. The highest BCUT2D eigenvalue weighted by molar-refractivity contribution is 6.33. The molecule has 2 heterocycles. The number of hydrogen-bond acceptors (Lipinski definition) is 3. The van der Waals surface area contributed by atoms with Crippen LogP contribution in [-0.2, 0) is 0 Å². The Labute approximate surface area is 155 Å².